The number of rotatable bonds is 5. The highest BCUT2D eigenvalue weighted by molar-refractivity contribution is 7.07. The van der Waals surface area contributed by atoms with Crippen molar-refractivity contribution in [3.8, 4) is 0 Å². The van der Waals surface area contributed by atoms with Gasteiger partial charge in [-0.05, 0) is 36.9 Å². The van der Waals surface area contributed by atoms with E-state index in [4.69, 9.17) is 0 Å². The Hall–Kier alpha value is -2.22. The lowest BCUT2D eigenvalue weighted by atomic mass is 10.1. The summed E-state index contributed by atoms with van der Waals surface area (Å²) in [5, 5.41) is 7.98. The van der Waals surface area contributed by atoms with E-state index in [1.54, 1.807) is 25.4 Å². The summed E-state index contributed by atoms with van der Waals surface area (Å²) in [6, 6.07) is 1.74. The van der Waals surface area contributed by atoms with Crippen LogP contribution in [-0.2, 0) is 0 Å². The second-order valence-electron chi connectivity index (χ2n) is 4.86. The fourth-order valence-corrected chi connectivity index (χ4v) is 2.18. The predicted molar refractivity (Wildman–Crippen MR) is 80.1 cm³/mol. The second kappa shape index (κ2) is 6.98. The predicted octanol–water partition coefficient (Wildman–Crippen LogP) is 1.82. The first-order valence-electron chi connectivity index (χ1n) is 6.51. The molecule has 0 bridgehead atoms. The van der Waals surface area contributed by atoms with Gasteiger partial charge in [0, 0.05) is 12.4 Å². The van der Waals surface area contributed by atoms with Crippen molar-refractivity contribution < 1.29 is 4.79 Å². The number of amides is 1. The molecule has 1 N–H and O–H groups in total. The number of aromatic nitrogens is 4. The third-order valence-corrected chi connectivity index (χ3v) is 3.40. The number of nitrogens with zero attached hydrogens (tertiary/aromatic N) is 5. The van der Waals surface area contributed by atoms with Gasteiger partial charge in [-0.15, -0.1) is 5.10 Å². The van der Waals surface area contributed by atoms with Crippen LogP contribution in [0.15, 0.2) is 23.6 Å². The molecule has 2 rings (SSSR count). The summed E-state index contributed by atoms with van der Waals surface area (Å²) in [4.78, 5) is 20.8. The van der Waals surface area contributed by atoms with Gasteiger partial charge in [-0.3, -0.25) is 4.79 Å². The van der Waals surface area contributed by atoms with Gasteiger partial charge in [-0.1, -0.05) is 18.3 Å². The zero-order valence-electron chi connectivity index (χ0n) is 12.1. The average molecular weight is 304 g/mol. The lowest BCUT2D eigenvalue weighted by Gasteiger charge is -2.07. The molecule has 2 heterocycles. The van der Waals surface area contributed by atoms with Gasteiger partial charge in [-0.2, -0.15) is 5.10 Å². The van der Waals surface area contributed by atoms with Crippen molar-refractivity contribution in [2.24, 2.45) is 11.0 Å². The van der Waals surface area contributed by atoms with Crippen LogP contribution in [0.4, 0.5) is 0 Å². The Kier molecular flexibility index (Phi) is 5.04. The fraction of sp³-hybridized carbons (Fsp3) is 0.385. The Morgan fingerprint density at radius 3 is 2.67 bits per heavy atom. The minimum Gasteiger partial charge on any atom is -0.266 e. The van der Waals surface area contributed by atoms with E-state index >= 15 is 0 Å². The largest absolute Gasteiger partial charge is 0.285 e. The van der Waals surface area contributed by atoms with Gasteiger partial charge in [-0.25, -0.2) is 15.4 Å². The van der Waals surface area contributed by atoms with Crippen LogP contribution in [0, 0.1) is 12.8 Å². The van der Waals surface area contributed by atoms with Crippen molar-refractivity contribution >= 4 is 23.2 Å². The molecule has 110 valence electrons. The molecule has 0 saturated heterocycles. The molecule has 0 aliphatic rings. The molecule has 8 heteroatoms. The zero-order valence-corrected chi connectivity index (χ0v) is 12.9. The normalized spacial score (nSPS) is 11.7. The van der Waals surface area contributed by atoms with E-state index in [0.29, 0.717) is 34.4 Å². The Morgan fingerprint density at radius 1 is 1.38 bits per heavy atom. The van der Waals surface area contributed by atoms with Crippen LogP contribution >= 0.6 is 11.5 Å². The van der Waals surface area contributed by atoms with E-state index in [2.05, 4.69) is 43.9 Å². The van der Waals surface area contributed by atoms with Gasteiger partial charge in [0.2, 0.25) is 0 Å². The van der Waals surface area contributed by atoms with Crippen molar-refractivity contribution in [3.63, 3.8) is 0 Å². The summed E-state index contributed by atoms with van der Waals surface area (Å²) >= 11 is 1.05. The molecule has 0 aliphatic carbocycles. The zero-order chi connectivity index (χ0) is 15.2. The molecule has 0 aliphatic heterocycles. The van der Waals surface area contributed by atoms with Crippen LogP contribution in [0.2, 0.25) is 0 Å². The monoisotopic (exact) mass is 304 g/mol. The van der Waals surface area contributed by atoms with Crippen molar-refractivity contribution in [1.29, 1.82) is 0 Å². The van der Waals surface area contributed by atoms with Crippen LogP contribution in [0.25, 0.3) is 0 Å². The highest BCUT2D eigenvalue weighted by Crippen LogP contribution is 2.09. The van der Waals surface area contributed by atoms with E-state index in [-0.39, 0.29) is 5.91 Å². The molecule has 0 fully saturated rings. The minimum atomic E-state index is -0.320. The van der Waals surface area contributed by atoms with Crippen LogP contribution in [0.1, 0.15) is 41.5 Å². The quantitative estimate of drug-likeness (QED) is 0.671. The van der Waals surface area contributed by atoms with E-state index in [1.807, 2.05) is 0 Å². The summed E-state index contributed by atoms with van der Waals surface area (Å²) < 4.78 is 3.73. The lowest BCUT2D eigenvalue weighted by Crippen LogP contribution is -2.21. The Bertz CT molecular complexity index is 637. The van der Waals surface area contributed by atoms with Crippen molar-refractivity contribution in [2.75, 3.05) is 0 Å². The van der Waals surface area contributed by atoms with Gasteiger partial charge in [0.15, 0.2) is 5.82 Å². The van der Waals surface area contributed by atoms with E-state index in [0.717, 1.165) is 11.5 Å². The highest BCUT2D eigenvalue weighted by atomic mass is 32.1. The third kappa shape index (κ3) is 4.12. The smallest absolute Gasteiger partial charge is 0.266 e. The van der Waals surface area contributed by atoms with Gasteiger partial charge >= 0.3 is 0 Å². The van der Waals surface area contributed by atoms with E-state index in [1.165, 1.54) is 0 Å². The van der Waals surface area contributed by atoms with Gasteiger partial charge in [0.1, 0.15) is 10.6 Å². The number of carbonyl (C=O) groups excluding carboxylic acids is 1. The molecule has 0 radical (unpaired) electrons. The maximum Gasteiger partial charge on any atom is 0.285 e. The van der Waals surface area contributed by atoms with Crippen molar-refractivity contribution in [1.82, 2.24) is 25.0 Å². The lowest BCUT2D eigenvalue weighted by molar-refractivity contribution is 0.0958. The number of nitrogens with one attached hydrogen (secondary N) is 1. The summed E-state index contributed by atoms with van der Waals surface area (Å²) in [7, 11) is 0. The molecule has 0 atom stereocenters. The molecule has 2 aromatic heterocycles. The van der Waals surface area contributed by atoms with Crippen LogP contribution in [0.5, 0.6) is 0 Å². The summed E-state index contributed by atoms with van der Waals surface area (Å²) in [5.41, 5.74) is 3.77. The standard InChI is InChI=1S/C13H16N6OS/c1-8(2)7-10(12-14-5-4-6-15-12)17-18-13(20)11-9(3)16-19-21-11/h4-6,8H,7H2,1-3H3,(H,18,20)/b17-10-. The van der Waals surface area contributed by atoms with Crippen molar-refractivity contribution in [3.05, 3.63) is 34.9 Å². The molecule has 0 spiro atoms. The minimum absolute atomic E-state index is 0.320. The number of carbonyl (C=O) groups is 1. The van der Waals surface area contributed by atoms with E-state index < -0.39 is 0 Å². The second-order valence-corrected chi connectivity index (χ2v) is 5.61. The topological polar surface area (TPSA) is 93.0 Å². The number of hydrogen-bond acceptors (Lipinski definition) is 7. The van der Waals surface area contributed by atoms with Gasteiger partial charge in [0.25, 0.3) is 5.91 Å². The number of hydrogen-bond donors (Lipinski definition) is 1. The Balaban J connectivity index is 2.17. The Morgan fingerprint density at radius 2 is 2.10 bits per heavy atom. The maximum atomic E-state index is 12.0. The fourth-order valence-electron chi connectivity index (χ4n) is 1.63. The number of hydrazone groups is 1. The molecule has 1 amide bonds. The summed E-state index contributed by atoms with van der Waals surface area (Å²) in [5.74, 6) is 0.571. The molecule has 21 heavy (non-hydrogen) atoms. The highest BCUT2D eigenvalue weighted by Gasteiger charge is 2.14. The first-order valence-corrected chi connectivity index (χ1v) is 7.28. The molecule has 0 saturated carbocycles. The Labute approximate surface area is 126 Å². The van der Waals surface area contributed by atoms with Gasteiger partial charge in [0.05, 0.1) is 5.69 Å². The molecule has 2 aromatic rings. The molecule has 7 nitrogen and oxygen atoms in total. The average Bonchev–Trinajstić information content (AvgIpc) is 2.90. The van der Waals surface area contributed by atoms with Crippen LogP contribution in [-0.4, -0.2) is 31.2 Å². The molecule has 0 aromatic carbocycles. The molecular formula is C13H16N6OS. The molecular weight excluding hydrogens is 288 g/mol. The maximum absolute atomic E-state index is 12.0. The first-order chi connectivity index (χ1) is 10.1. The molecule has 0 unspecified atom stereocenters. The first kappa shape index (κ1) is 15.2. The SMILES string of the molecule is Cc1nnsc1C(=O)N/N=C(/CC(C)C)c1ncccn1. The van der Waals surface area contributed by atoms with E-state index in [9.17, 15) is 4.79 Å². The van der Waals surface area contributed by atoms with Crippen LogP contribution < -0.4 is 5.43 Å². The summed E-state index contributed by atoms with van der Waals surface area (Å²) in [6.45, 7) is 5.87. The van der Waals surface area contributed by atoms with Gasteiger partial charge < -0.3 is 0 Å². The third-order valence-electron chi connectivity index (χ3n) is 2.58. The number of aryl methyl sites for hydroxylation is 1. The van der Waals surface area contributed by atoms with Crippen LogP contribution in [0.3, 0.4) is 0 Å². The summed E-state index contributed by atoms with van der Waals surface area (Å²) in [6.07, 6.45) is 3.97. The van der Waals surface area contributed by atoms with Crippen molar-refractivity contribution in [2.45, 2.75) is 27.2 Å².